The molecule has 2 fully saturated rings. The Balaban J connectivity index is 1.56. The van der Waals surface area contributed by atoms with E-state index in [1.54, 1.807) is 0 Å². The van der Waals surface area contributed by atoms with Crippen LogP contribution in [-0.2, 0) is 4.79 Å². The fourth-order valence-electron chi connectivity index (χ4n) is 2.92. The van der Waals surface area contributed by atoms with Crippen LogP contribution in [0.3, 0.4) is 0 Å². The predicted octanol–water partition coefficient (Wildman–Crippen LogP) is 2.07. The van der Waals surface area contributed by atoms with E-state index in [1.807, 2.05) is 11.8 Å². The lowest BCUT2D eigenvalue weighted by Crippen LogP contribution is -2.41. The van der Waals surface area contributed by atoms with Gasteiger partial charge in [0, 0.05) is 18.3 Å². The van der Waals surface area contributed by atoms with Crippen molar-refractivity contribution in [2.45, 2.75) is 43.8 Å². The minimum absolute atomic E-state index is 0.0853. The number of carboxylic acid groups (broad SMARTS) is 1. The van der Waals surface area contributed by atoms with Crippen molar-refractivity contribution in [3.05, 3.63) is 0 Å². The van der Waals surface area contributed by atoms with Crippen molar-refractivity contribution in [2.24, 2.45) is 11.8 Å². The van der Waals surface area contributed by atoms with Crippen LogP contribution in [0.15, 0.2) is 0 Å². The van der Waals surface area contributed by atoms with Crippen LogP contribution in [0, 0.1) is 11.8 Å². The van der Waals surface area contributed by atoms with Gasteiger partial charge in [-0.1, -0.05) is 0 Å². The average molecular weight is 300 g/mol. The van der Waals surface area contributed by atoms with Gasteiger partial charge in [0.1, 0.15) is 0 Å². The van der Waals surface area contributed by atoms with Crippen LogP contribution in [0.1, 0.15) is 38.5 Å². The van der Waals surface area contributed by atoms with E-state index in [0.717, 1.165) is 32.2 Å². The standard InChI is InChI=1S/C14H24N2O3S/c17-13(18)11-5-3-10(4-6-11)8-15-14(19)16-9-12-2-1-7-20-12/h10-12H,1-9H2,(H,17,18)(H2,15,16,19). The second kappa shape index (κ2) is 7.76. The van der Waals surface area contributed by atoms with E-state index in [2.05, 4.69) is 10.6 Å². The largest absolute Gasteiger partial charge is 0.481 e. The number of carboxylic acids is 1. The molecule has 0 aromatic carbocycles. The molecule has 5 nitrogen and oxygen atoms in total. The summed E-state index contributed by atoms with van der Waals surface area (Å²) in [7, 11) is 0. The Morgan fingerprint density at radius 2 is 1.75 bits per heavy atom. The van der Waals surface area contributed by atoms with Gasteiger partial charge in [-0.3, -0.25) is 4.79 Å². The van der Waals surface area contributed by atoms with Gasteiger partial charge in [0.05, 0.1) is 5.92 Å². The Bertz CT molecular complexity index is 337. The number of rotatable bonds is 5. The molecule has 1 heterocycles. The molecule has 1 aliphatic carbocycles. The van der Waals surface area contributed by atoms with Crippen LogP contribution in [0.5, 0.6) is 0 Å². The van der Waals surface area contributed by atoms with Crippen molar-refractivity contribution in [1.29, 1.82) is 0 Å². The van der Waals surface area contributed by atoms with Gasteiger partial charge in [-0.05, 0) is 50.2 Å². The zero-order valence-electron chi connectivity index (χ0n) is 11.8. The van der Waals surface area contributed by atoms with Gasteiger partial charge < -0.3 is 15.7 Å². The van der Waals surface area contributed by atoms with E-state index >= 15 is 0 Å². The lowest BCUT2D eigenvalue weighted by molar-refractivity contribution is -0.143. The van der Waals surface area contributed by atoms with E-state index in [4.69, 9.17) is 5.11 Å². The third-order valence-corrected chi connectivity index (χ3v) is 5.66. The molecule has 2 amide bonds. The number of aliphatic carboxylic acids is 1. The number of nitrogens with one attached hydrogen (secondary N) is 2. The van der Waals surface area contributed by atoms with Crippen molar-refractivity contribution in [3.8, 4) is 0 Å². The van der Waals surface area contributed by atoms with Gasteiger partial charge in [0.15, 0.2) is 0 Å². The molecule has 0 aromatic rings. The van der Waals surface area contributed by atoms with Crippen molar-refractivity contribution in [3.63, 3.8) is 0 Å². The maximum absolute atomic E-state index is 11.7. The van der Waals surface area contributed by atoms with E-state index in [9.17, 15) is 9.59 Å². The summed E-state index contributed by atoms with van der Waals surface area (Å²) in [6.45, 7) is 1.41. The monoisotopic (exact) mass is 300 g/mol. The SMILES string of the molecule is O=C(NCC1CCC(C(=O)O)CC1)NCC1CCCS1. The molecule has 114 valence electrons. The zero-order valence-corrected chi connectivity index (χ0v) is 12.6. The first kappa shape index (κ1) is 15.5. The van der Waals surface area contributed by atoms with Crippen LogP contribution < -0.4 is 10.6 Å². The van der Waals surface area contributed by atoms with E-state index in [-0.39, 0.29) is 11.9 Å². The molecule has 1 saturated heterocycles. The van der Waals surface area contributed by atoms with Gasteiger partial charge >= 0.3 is 12.0 Å². The highest BCUT2D eigenvalue weighted by Gasteiger charge is 2.26. The zero-order chi connectivity index (χ0) is 14.4. The highest BCUT2D eigenvalue weighted by atomic mass is 32.2. The number of carbonyl (C=O) groups is 2. The van der Waals surface area contributed by atoms with Gasteiger partial charge in [0.25, 0.3) is 0 Å². The third-order valence-electron chi connectivity index (χ3n) is 4.26. The number of carbonyl (C=O) groups excluding carboxylic acids is 1. The molecule has 0 aromatic heterocycles. The molecule has 1 saturated carbocycles. The normalized spacial score (nSPS) is 29.9. The number of amides is 2. The summed E-state index contributed by atoms with van der Waals surface area (Å²) in [6.07, 6.45) is 5.73. The van der Waals surface area contributed by atoms with E-state index in [0.29, 0.717) is 17.7 Å². The van der Waals surface area contributed by atoms with Crippen LogP contribution in [0.25, 0.3) is 0 Å². The highest BCUT2D eigenvalue weighted by Crippen LogP contribution is 2.28. The number of hydrogen-bond acceptors (Lipinski definition) is 3. The Hall–Kier alpha value is -0.910. The molecule has 1 unspecified atom stereocenters. The van der Waals surface area contributed by atoms with Gasteiger partial charge in [-0.2, -0.15) is 11.8 Å². The van der Waals surface area contributed by atoms with Crippen molar-refractivity contribution in [1.82, 2.24) is 10.6 Å². The van der Waals surface area contributed by atoms with E-state index in [1.165, 1.54) is 18.6 Å². The predicted molar refractivity (Wildman–Crippen MR) is 80.0 cm³/mol. The van der Waals surface area contributed by atoms with E-state index < -0.39 is 5.97 Å². The molecular formula is C14H24N2O3S. The molecule has 2 rings (SSSR count). The van der Waals surface area contributed by atoms with Gasteiger partial charge in [0.2, 0.25) is 0 Å². The lowest BCUT2D eigenvalue weighted by Gasteiger charge is -2.26. The molecule has 6 heteroatoms. The topological polar surface area (TPSA) is 78.4 Å². The maximum atomic E-state index is 11.7. The average Bonchev–Trinajstić information content (AvgIpc) is 2.96. The van der Waals surface area contributed by atoms with Crippen LogP contribution in [-0.4, -0.2) is 41.2 Å². The molecule has 1 atom stereocenters. The molecule has 0 spiro atoms. The summed E-state index contributed by atoms with van der Waals surface area (Å²) in [6, 6.07) is -0.0853. The Labute approximate surface area is 124 Å². The minimum atomic E-state index is -0.678. The molecule has 3 N–H and O–H groups in total. The van der Waals surface area contributed by atoms with Crippen LogP contribution in [0.2, 0.25) is 0 Å². The van der Waals surface area contributed by atoms with Crippen LogP contribution >= 0.6 is 11.8 Å². The lowest BCUT2D eigenvalue weighted by atomic mass is 9.82. The fourth-order valence-corrected chi connectivity index (χ4v) is 4.13. The fraction of sp³-hybridized carbons (Fsp3) is 0.857. The Morgan fingerprint density at radius 1 is 1.05 bits per heavy atom. The molecular weight excluding hydrogens is 276 g/mol. The molecule has 0 radical (unpaired) electrons. The number of urea groups is 1. The summed E-state index contributed by atoms with van der Waals surface area (Å²) in [4.78, 5) is 22.5. The molecule has 0 bridgehead atoms. The summed E-state index contributed by atoms with van der Waals surface area (Å²) in [5.74, 6) is 0.778. The first-order valence-electron chi connectivity index (χ1n) is 7.51. The summed E-state index contributed by atoms with van der Waals surface area (Å²) in [5.41, 5.74) is 0. The Kier molecular flexibility index (Phi) is 6.01. The first-order valence-corrected chi connectivity index (χ1v) is 8.56. The third kappa shape index (κ3) is 4.89. The smallest absolute Gasteiger partial charge is 0.314 e. The summed E-state index contributed by atoms with van der Waals surface area (Å²) >= 11 is 1.94. The molecule has 1 aliphatic heterocycles. The summed E-state index contributed by atoms with van der Waals surface area (Å²) < 4.78 is 0. The first-order chi connectivity index (χ1) is 9.65. The minimum Gasteiger partial charge on any atom is -0.481 e. The van der Waals surface area contributed by atoms with Crippen molar-refractivity contribution >= 4 is 23.8 Å². The Morgan fingerprint density at radius 3 is 2.35 bits per heavy atom. The second-order valence-electron chi connectivity index (χ2n) is 5.78. The van der Waals surface area contributed by atoms with Gasteiger partial charge in [-0.25, -0.2) is 4.79 Å². The van der Waals surface area contributed by atoms with Gasteiger partial charge in [-0.15, -0.1) is 0 Å². The maximum Gasteiger partial charge on any atom is 0.314 e. The quantitative estimate of drug-likeness (QED) is 0.726. The molecule has 2 aliphatic rings. The second-order valence-corrected chi connectivity index (χ2v) is 7.19. The summed E-state index contributed by atoms with van der Waals surface area (Å²) in [5, 5.41) is 15.4. The number of thioether (sulfide) groups is 1. The van der Waals surface area contributed by atoms with Crippen molar-refractivity contribution in [2.75, 3.05) is 18.8 Å². The molecule has 20 heavy (non-hydrogen) atoms. The number of hydrogen-bond donors (Lipinski definition) is 3. The van der Waals surface area contributed by atoms with Crippen LogP contribution in [0.4, 0.5) is 4.79 Å². The van der Waals surface area contributed by atoms with Crippen molar-refractivity contribution < 1.29 is 14.7 Å². The highest BCUT2D eigenvalue weighted by molar-refractivity contribution is 8.00.